The van der Waals surface area contributed by atoms with Crippen LogP contribution in [0.25, 0.3) is 0 Å². The molecule has 3 aromatic carbocycles. The molecule has 1 N–H and O–H groups in total. The van der Waals surface area contributed by atoms with Crippen LogP contribution >= 0.6 is 0 Å². The number of rotatable bonds is 7. The van der Waals surface area contributed by atoms with Crippen molar-refractivity contribution in [1.29, 1.82) is 0 Å². The van der Waals surface area contributed by atoms with Gasteiger partial charge in [-0.15, -0.1) is 0 Å². The third-order valence-electron chi connectivity index (χ3n) is 6.40. The summed E-state index contributed by atoms with van der Waals surface area (Å²) in [6.07, 6.45) is 0.924. The van der Waals surface area contributed by atoms with Crippen LogP contribution in [0.1, 0.15) is 41.1 Å². The maximum absolute atomic E-state index is 13.2. The Morgan fingerprint density at radius 2 is 1.59 bits per heavy atom. The molecule has 1 atom stereocenters. The molecule has 5 nitrogen and oxygen atoms in total. The number of nitrogens with one attached hydrogen (secondary N) is 1. The van der Waals surface area contributed by atoms with Crippen LogP contribution in [0.5, 0.6) is 0 Å². The molecular formula is C27H29FN2O3S. The number of sulfonamides is 1. The molecule has 1 heterocycles. The van der Waals surface area contributed by atoms with Gasteiger partial charge in [0.05, 0.1) is 11.8 Å². The molecule has 4 rings (SSSR count). The van der Waals surface area contributed by atoms with Crippen molar-refractivity contribution in [3.63, 3.8) is 0 Å². The van der Waals surface area contributed by atoms with E-state index in [1.54, 1.807) is 0 Å². The normalized spacial score (nSPS) is 16.2. The summed E-state index contributed by atoms with van der Waals surface area (Å²) in [6, 6.07) is 23.1. The number of aryl methyl sites for hydroxylation is 1. The minimum atomic E-state index is -3.53. The molecule has 178 valence electrons. The fourth-order valence-corrected chi connectivity index (χ4v) is 6.00. The van der Waals surface area contributed by atoms with Gasteiger partial charge in [-0.3, -0.25) is 4.79 Å². The van der Waals surface area contributed by atoms with Crippen molar-refractivity contribution in [2.24, 2.45) is 5.92 Å². The number of carbonyl (C=O) groups excluding carboxylic acids is 1. The van der Waals surface area contributed by atoms with Crippen molar-refractivity contribution in [3.8, 4) is 0 Å². The molecule has 1 fully saturated rings. The van der Waals surface area contributed by atoms with E-state index in [0.29, 0.717) is 31.5 Å². The number of piperidine rings is 1. The van der Waals surface area contributed by atoms with E-state index in [-0.39, 0.29) is 23.6 Å². The van der Waals surface area contributed by atoms with E-state index < -0.39 is 15.8 Å². The molecule has 0 bridgehead atoms. The first-order chi connectivity index (χ1) is 16.3. The number of carbonyl (C=O) groups is 1. The number of amides is 1. The topological polar surface area (TPSA) is 66.5 Å². The van der Waals surface area contributed by atoms with E-state index in [1.165, 1.54) is 28.6 Å². The number of halogens is 1. The van der Waals surface area contributed by atoms with Gasteiger partial charge >= 0.3 is 0 Å². The highest BCUT2D eigenvalue weighted by Crippen LogP contribution is 2.27. The van der Waals surface area contributed by atoms with Gasteiger partial charge in [0.15, 0.2) is 0 Å². The maximum atomic E-state index is 13.2. The molecule has 0 aliphatic carbocycles. The fraction of sp³-hybridized carbons (Fsp3) is 0.296. The number of hydrogen-bond acceptors (Lipinski definition) is 3. The molecule has 1 unspecified atom stereocenters. The zero-order valence-electron chi connectivity index (χ0n) is 19.2. The maximum Gasteiger partial charge on any atom is 0.223 e. The Bertz CT molecular complexity index is 1220. The molecular weight excluding hydrogens is 451 g/mol. The van der Waals surface area contributed by atoms with Crippen LogP contribution in [-0.4, -0.2) is 31.7 Å². The smallest absolute Gasteiger partial charge is 0.223 e. The summed E-state index contributed by atoms with van der Waals surface area (Å²) in [5.74, 6) is -0.888. The second-order valence-electron chi connectivity index (χ2n) is 8.76. The Morgan fingerprint density at radius 1 is 0.971 bits per heavy atom. The first-order valence-electron chi connectivity index (χ1n) is 11.5. The highest BCUT2D eigenvalue weighted by molar-refractivity contribution is 7.88. The van der Waals surface area contributed by atoms with Gasteiger partial charge in [0.25, 0.3) is 0 Å². The molecule has 1 amide bonds. The molecule has 0 saturated carbocycles. The predicted octanol–water partition coefficient (Wildman–Crippen LogP) is 4.58. The third kappa shape index (κ3) is 5.72. The van der Waals surface area contributed by atoms with E-state index in [1.807, 2.05) is 61.5 Å². The van der Waals surface area contributed by atoms with Crippen molar-refractivity contribution in [2.75, 3.05) is 13.1 Å². The number of hydrogen-bond donors (Lipinski definition) is 1. The SMILES string of the molecule is Cc1ccccc1C(NC(=O)C1CCN(S(=O)(=O)Cc2ccc(F)cc2)CC1)c1ccccc1. The first-order valence-corrected chi connectivity index (χ1v) is 13.1. The number of benzene rings is 3. The molecule has 1 saturated heterocycles. The van der Waals surface area contributed by atoms with Crippen LogP contribution in [0, 0.1) is 18.7 Å². The predicted molar refractivity (Wildman–Crippen MR) is 131 cm³/mol. The van der Waals surface area contributed by atoms with Gasteiger partial charge in [0, 0.05) is 19.0 Å². The van der Waals surface area contributed by atoms with Gasteiger partial charge < -0.3 is 5.32 Å². The molecule has 0 spiro atoms. The Balaban J connectivity index is 1.42. The lowest BCUT2D eigenvalue weighted by Gasteiger charge is -2.32. The number of nitrogens with zero attached hydrogens (tertiary/aromatic N) is 1. The zero-order valence-corrected chi connectivity index (χ0v) is 20.0. The Labute approximate surface area is 200 Å². The summed E-state index contributed by atoms with van der Waals surface area (Å²) in [6.45, 7) is 2.62. The quantitative estimate of drug-likeness (QED) is 0.538. The van der Waals surface area contributed by atoms with E-state index in [9.17, 15) is 17.6 Å². The van der Waals surface area contributed by atoms with Gasteiger partial charge in [-0.25, -0.2) is 17.1 Å². The van der Waals surface area contributed by atoms with Crippen molar-refractivity contribution >= 4 is 15.9 Å². The standard InChI is InChI=1S/C27H29FN2O3S/c1-20-7-5-6-10-25(20)26(22-8-3-2-4-9-22)29-27(31)23-15-17-30(18-16-23)34(32,33)19-21-11-13-24(28)14-12-21/h2-14,23,26H,15-19H2,1H3,(H,29,31). The zero-order chi connectivity index (χ0) is 24.1. The van der Waals surface area contributed by atoms with Gasteiger partial charge in [-0.1, -0.05) is 66.7 Å². The van der Waals surface area contributed by atoms with Crippen molar-refractivity contribution in [3.05, 3.63) is 107 Å². The van der Waals surface area contributed by atoms with Crippen LogP contribution < -0.4 is 5.32 Å². The highest BCUT2D eigenvalue weighted by Gasteiger charge is 2.32. The summed E-state index contributed by atoms with van der Waals surface area (Å²) >= 11 is 0. The molecule has 1 aliphatic heterocycles. The average Bonchev–Trinajstić information content (AvgIpc) is 2.85. The van der Waals surface area contributed by atoms with E-state index in [2.05, 4.69) is 5.32 Å². The third-order valence-corrected chi connectivity index (χ3v) is 8.25. The van der Waals surface area contributed by atoms with Gasteiger partial charge in [0.1, 0.15) is 5.82 Å². The molecule has 3 aromatic rings. The monoisotopic (exact) mass is 480 g/mol. The van der Waals surface area contributed by atoms with Crippen molar-refractivity contribution < 1.29 is 17.6 Å². The molecule has 0 radical (unpaired) electrons. The Hall–Kier alpha value is -3.03. The molecule has 0 aromatic heterocycles. The van der Waals surface area contributed by atoms with Crippen molar-refractivity contribution in [2.45, 2.75) is 31.6 Å². The molecule has 34 heavy (non-hydrogen) atoms. The molecule has 7 heteroatoms. The van der Waals surface area contributed by atoms with Gasteiger partial charge in [0.2, 0.25) is 15.9 Å². The summed E-state index contributed by atoms with van der Waals surface area (Å²) in [5.41, 5.74) is 3.69. The lowest BCUT2D eigenvalue weighted by atomic mass is 9.92. The second-order valence-corrected chi connectivity index (χ2v) is 10.7. The minimum absolute atomic E-state index is 0.0623. The first kappa shape index (κ1) is 24.1. The largest absolute Gasteiger partial charge is 0.345 e. The Kier molecular flexibility index (Phi) is 7.44. The van der Waals surface area contributed by atoms with Gasteiger partial charge in [-0.05, 0) is 54.2 Å². The summed E-state index contributed by atoms with van der Waals surface area (Å²) < 4.78 is 40.2. The van der Waals surface area contributed by atoms with Crippen LogP contribution in [0.3, 0.4) is 0 Å². The van der Waals surface area contributed by atoms with Gasteiger partial charge in [-0.2, -0.15) is 0 Å². The van der Waals surface area contributed by atoms with Crippen LogP contribution in [0.2, 0.25) is 0 Å². The average molecular weight is 481 g/mol. The Morgan fingerprint density at radius 3 is 2.24 bits per heavy atom. The molecule has 1 aliphatic rings. The van der Waals surface area contributed by atoms with Crippen LogP contribution in [0.4, 0.5) is 4.39 Å². The van der Waals surface area contributed by atoms with Crippen molar-refractivity contribution in [1.82, 2.24) is 9.62 Å². The summed E-state index contributed by atoms with van der Waals surface area (Å²) in [4.78, 5) is 13.2. The lowest BCUT2D eigenvalue weighted by molar-refractivity contribution is -0.126. The summed E-state index contributed by atoms with van der Waals surface area (Å²) in [5, 5.41) is 3.22. The second kappa shape index (κ2) is 10.5. The lowest BCUT2D eigenvalue weighted by Crippen LogP contribution is -2.44. The van der Waals surface area contributed by atoms with E-state index in [4.69, 9.17) is 0 Å². The minimum Gasteiger partial charge on any atom is -0.345 e. The van der Waals surface area contributed by atoms with Crippen LogP contribution in [0.15, 0.2) is 78.9 Å². The van der Waals surface area contributed by atoms with E-state index >= 15 is 0 Å². The van der Waals surface area contributed by atoms with E-state index in [0.717, 1.165) is 16.7 Å². The summed E-state index contributed by atoms with van der Waals surface area (Å²) in [7, 11) is -3.53. The van der Waals surface area contributed by atoms with Crippen LogP contribution in [-0.2, 0) is 20.6 Å². The highest BCUT2D eigenvalue weighted by atomic mass is 32.2. The fourth-order valence-electron chi connectivity index (χ4n) is 4.44.